The van der Waals surface area contributed by atoms with Crippen LogP contribution in [-0.4, -0.2) is 28.8 Å². The molecule has 0 heterocycles. The first-order valence-electron chi connectivity index (χ1n) is 10.9. The van der Waals surface area contributed by atoms with E-state index in [0.29, 0.717) is 16.5 Å². The predicted molar refractivity (Wildman–Crippen MR) is 134 cm³/mol. The smallest absolute Gasteiger partial charge is 0.243 e. The molecule has 0 radical (unpaired) electrons. The van der Waals surface area contributed by atoms with Crippen molar-refractivity contribution in [3.8, 4) is 0 Å². The van der Waals surface area contributed by atoms with Gasteiger partial charge in [-0.1, -0.05) is 89.9 Å². The summed E-state index contributed by atoms with van der Waals surface area (Å²) in [7, 11) is 0. The number of amides is 2. The number of halogens is 2. The monoisotopic (exact) mass is 482 g/mol. The molecule has 6 heteroatoms. The summed E-state index contributed by atoms with van der Waals surface area (Å²) in [4.78, 5) is 28.6. The Morgan fingerprint density at radius 1 is 0.879 bits per heavy atom. The molecule has 0 fully saturated rings. The van der Waals surface area contributed by atoms with E-state index in [1.165, 1.54) is 0 Å². The Kier molecular flexibility index (Phi) is 8.93. The lowest BCUT2D eigenvalue weighted by Gasteiger charge is -2.32. The molecule has 2 amide bonds. The van der Waals surface area contributed by atoms with Crippen molar-refractivity contribution in [3.05, 3.63) is 106 Å². The molecule has 3 aromatic carbocycles. The van der Waals surface area contributed by atoms with E-state index in [-0.39, 0.29) is 30.8 Å². The second-order valence-corrected chi connectivity index (χ2v) is 9.13. The molecule has 0 bridgehead atoms. The molecular formula is C27H28Cl2N2O2. The number of hydrogen-bond donors (Lipinski definition) is 1. The first-order valence-corrected chi connectivity index (χ1v) is 11.7. The molecule has 0 aliphatic rings. The van der Waals surface area contributed by atoms with E-state index < -0.39 is 6.04 Å². The maximum Gasteiger partial charge on any atom is 0.243 e. The highest BCUT2D eigenvalue weighted by atomic mass is 35.5. The zero-order valence-electron chi connectivity index (χ0n) is 18.8. The quantitative estimate of drug-likeness (QED) is 0.425. The van der Waals surface area contributed by atoms with Crippen molar-refractivity contribution in [3.63, 3.8) is 0 Å². The van der Waals surface area contributed by atoms with Gasteiger partial charge in [0.2, 0.25) is 11.8 Å². The van der Waals surface area contributed by atoms with Crippen LogP contribution < -0.4 is 5.32 Å². The standard InChI is InChI=1S/C27H28Cl2N2O2/c1-19(2)30-27(33)25(15-20-9-5-3-6-10-20)31(18-22-13-14-23(28)17-24(22)29)26(32)16-21-11-7-4-8-12-21/h3-14,17,19,25H,15-16,18H2,1-2H3,(H,30,33)/t25-/m0/s1. The Hall–Kier alpha value is -2.82. The lowest BCUT2D eigenvalue weighted by Crippen LogP contribution is -2.52. The van der Waals surface area contributed by atoms with Gasteiger partial charge < -0.3 is 10.2 Å². The van der Waals surface area contributed by atoms with Gasteiger partial charge >= 0.3 is 0 Å². The van der Waals surface area contributed by atoms with Crippen LogP contribution in [0.25, 0.3) is 0 Å². The SMILES string of the molecule is CC(C)NC(=O)[C@H](Cc1ccccc1)N(Cc1ccc(Cl)cc1Cl)C(=O)Cc1ccccc1. The Labute approximate surface area is 205 Å². The van der Waals surface area contributed by atoms with Crippen molar-refractivity contribution in [2.75, 3.05) is 0 Å². The fourth-order valence-electron chi connectivity index (χ4n) is 3.64. The van der Waals surface area contributed by atoms with E-state index in [9.17, 15) is 9.59 Å². The van der Waals surface area contributed by atoms with Gasteiger partial charge in [-0.3, -0.25) is 9.59 Å². The summed E-state index contributed by atoms with van der Waals surface area (Å²) in [6.07, 6.45) is 0.581. The molecule has 0 saturated carbocycles. The van der Waals surface area contributed by atoms with E-state index in [1.807, 2.05) is 74.5 Å². The molecule has 3 rings (SSSR count). The van der Waals surface area contributed by atoms with Crippen molar-refractivity contribution in [2.45, 2.75) is 45.3 Å². The number of nitrogens with zero attached hydrogens (tertiary/aromatic N) is 1. The number of carbonyl (C=O) groups is 2. The molecule has 0 aromatic heterocycles. The number of benzene rings is 3. The van der Waals surface area contributed by atoms with Crippen LogP contribution in [0.2, 0.25) is 10.0 Å². The van der Waals surface area contributed by atoms with Gasteiger partial charge in [0.05, 0.1) is 6.42 Å². The van der Waals surface area contributed by atoms with Crippen LogP contribution in [0.4, 0.5) is 0 Å². The van der Waals surface area contributed by atoms with Crippen molar-refractivity contribution in [1.82, 2.24) is 10.2 Å². The van der Waals surface area contributed by atoms with Gasteiger partial charge in [-0.2, -0.15) is 0 Å². The van der Waals surface area contributed by atoms with Crippen LogP contribution in [0.5, 0.6) is 0 Å². The highest BCUT2D eigenvalue weighted by Gasteiger charge is 2.31. The highest BCUT2D eigenvalue weighted by molar-refractivity contribution is 6.35. The molecule has 0 saturated heterocycles. The maximum atomic E-state index is 13.6. The fourth-order valence-corrected chi connectivity index (χ4v) is 4.11. The highest BCUT2D eigenvalue weighted by Crippen LogP contribution is 2.24. The summed E-state index contributed by atoms with van der Waals surface area (Å²) in [5, 5.41) is 3.96. The largest absolute Gasteiger partial charge is 0.352 e. The van der Waals surface area contributed by atoms with Crippen LogP contribution >= 0.6 is 23.2 Å². The minimum absolute atomic E-state index is 0.0547. The van der Waals surface area contributed by atoms with Gasteiger partial charge in [0, 0.05) is 29.1 Å². The summed E-state index contributed by atoms with van der Waals surface area (Å²) in [5.74, 6) is -0.340. The summed E-state index contributed by atoms with van der Waals surface area (Å²) < 4.78 is 0. The molecule has 1 atom stereocenters. The van der Waals surface area contributed by atoms with Gasteiger partial charge in [-0.15, -0.1) is 0 Å². The second kappa shape index (κ2) is 11.9. The molecule has 4 nitrogen and oxygen atoms in total. The first kappa shape index (κ1) is 24.8. The zero-order chi connectivity index (χ0) is 23.8. The zero-order valence-corrected chi connectivity index (χ0v) is 20.3. The molecule has 3 aromatic rings. The van der Waals surface area contributed by atoms with Crippen LogP contribution in [-0.2, 0) is 29.0 Å². The van der Waals surface area contributed by atoms with E-state index in [1.54, 1.807) is 23.1 Å². The number of rotatable bonds is 9. The third-order valence-corrected chi connectivity index (χ3v) is 5.84. The number of hydrogen-bond acceptors (Lipinski definition) is 2. The summed E-state index contributed by atoms with van der Waals surface area (Å²) in [5.41, 5.74) is 2.59. The molecule has 0 aliphatic carbocycles. The topological polar surface area (TPSA) is 49.4 Å². The van der Waals surface area contributed by atoms with Gasteiger partial charge in [0.25, 0.3) is 0 Å². The van der Waals surface area contributed by atoms with E-state index >= 15 is 0 Å². The maximum absolute atomic E-state index is 13.6. The molecule has 0 spiro atoms. The minimum atomic E-state index is -0.697. The Balaban J connectivity index is 1.98. The third-order valence-electron chi connectivity index (χ3n) is 5.26. The average molecular weight is 483 g/mol. The van der Waals surface area contributed by atoms with Gasteiger partial charge in [-0.25, -0.2) is 0 Å². The van der Waals surface area contributed by atoms with Crippen molar-refractivity contribution >= 4 is 35.0 Å². The molecule has 172 valence electrons. The lowest BCUT2D eigenvalue weighted by atomic mass is 10.0. The molecular weight excluding hydrogens is 455 g/mol. The Bertz CT molecular complexity index is 1070. The molecule has 33 heavy (non-hydrogen) atoms. The van der Waals surface area contributed by atoms with Crippen molar-refractivity contribution in [1.29, 1.82) is 0 Å². The predicted octanol–water partition coefficient (Wildman–Crippen LogP) is 5.70. The molecule has 0 aliphatic heterocycles. The summed E-state index contributed by atoms with van der Waals surface area (Å²) in [6, 6.07) is 23.7. The van der Waals surface area contributed by atoms with E-state index in [2.05, 4.69) is 5.32 Å². The third kappa shape index (κ3) is 7.34. The normalized spacial score (nSPS) is 11.8. The summed E-state index contributed by atoms with van der Waals surface area (Å²) in [6.45, 7) is 4.01. The first-order chi connectivity index (χ1) is 15.8. The minimum Gasteiger partial charge on any atom is -0.352 e. The van der Waals surface area contributed by atoms with Crippen LogP contribution in [0.15, 0.2) is 78.9 Å². The number of nitrogens with one attached hydrogen (secondary N) is 1. The fraction of sp³-hybridized carbons (Fsp3) is 0.259. The van der Waals surface area contributed by atoms with Crippen LogP contribution in [0.1, 0.15) is 30.5 Å². The summed E-state index contributed by atoms with van der Waals surface area (Å²) >= 11 is 12.5. The second-order valence-electron chi connectivity index (χ2n) is 8.29. The lowest BCUT2D eigenvalue weighted by molar-refractivity contribution is -0.141. The van der Waals surface area contributed by atoms with Gasteiger partial charge in [-0.05, 0) is 42.7 Å². The van der Waals surface area contributed by atoms with Gasteiger partial charge in [0.15, 0.2) is 0 Å². The van der Waals surface area contributed by atoms with E-state index in [0.717, 1.165) is 16.7 Å². The van der Waals surface area contributed by atoms with Crippen molar-refractivity contribution < 1.29 is 9.59 Å². The number of carbonyl (C=O) groups excluding carboxylic acids is 2. The average Bonchev–Trinajstić information content (AvgIpc) is 2.78. The molecule has 0 unspecified atom stereocenters. The Morgan fingerprint density at radius 2 is 1.48 bits per heavy atom. The Morgan fingerprint density at radius 3 is 2.06 bits per heavy atom. The van der Waals surface area contributed by atoms with Gasteiger partial charge in [0.1, 0.15) is 6.04 Å². The van der Waals surface area contributed by atoms with Crippen molar-refractivity contribution in [2.24, 2.45) is 0 Å². The van der Waals surface area contributed by atoms with Crippen LogP contribution in [0, 0.1) is 0 Å². The van der Waals surface area contributed by atoms with Crippen LogP contribution in [0.3, 0.4) is 0 Å². The molecule has 1 N–H and O–H groups in total. The van der Waals surface area contributed by atoms with E-state index in [4.69, 9.17) is 23.2 Å².